The molecule has 1 nitrogen and oxygen atoms in total. The normalized spacial score (nSPS) is 10.4. The largest absolute Gasteiger partial charge is 0.384 e. The zero-order chi connectivity index (χ0) is 9.68. The van der Waals surface area contributed by atoms with Crippen molar-refractivity contribution in [3.63, 3.8) is 0 Å². The molecule has 0 heterocycles. The second-order valence-corrected chi connectivity index (χ2v) is 4.44. The van der Waals surface area contributed by atoms with Gasteiger partial charge in [-0.3, -0.25) is 0 Å². The summed E-state index contributed by atoms with van der Waals surface area (Å²) in [5.74, 6) is 0.658. The zero-order valence-electron chi connectivity index (χ0n) is 7.22. The van der Waals surface area contributed by atoms with Crippen molar-refractivity contribution >= 4 is 27.7 Å². The number of hydrogen-bond donors (Lipinski definition) is 0. The van der Waals surface area contributed by atoms with Crippen LogP contribution in [0.2, 0.25) is 0 Å². The molecule has 0 fully saturated rings. The number of hydrogen-bond acceptors (Lipinski definition) is 2. The van der Waals surface area contributed by atoms with Crippen molar-refractivity contribution in [1.82, 2.24) is 0 Å². The summed E-state index contributed by atoms with van der Waals surface area (Å²) in [5, 5.41) is 0. The van der Waals surface area contributed by atoms with Crippen LogP contribution in [0.5, 0.6) is 0 Å². The van der Waals surface area contributed by atoms with Gasteiger partial charge in [-0.2, -0.15) is 0 Å². The minimum absolute atomic E-state index is 0.226. The SMILES string of the molecule is COCCSc1ccc(F)c(Br)c1. The molecule has 0 aliphatic carbocycles. The highest BCUT2D eigenvalue weighted by Gasteiger charge is 2.00. The Kier molecular flexibility index (Phi) is 4.77. The number of rotatable bonds is 4. The maximum Gasteiger partial charge on any atom is 0.137 e. The summed E-state index contributed by atoms with van der Waals surface area (Å²) in [7, 11) is 1.67. The summed E-state index contributed by atoms with van der Waals surface area (Å²) in [6, 6.07) is 5.00. The van der Waals surface area contributed by atoms with Gasteiger partial charge in [0.15, 0.2) is 0 Å². The van der Waals surface area contributed by atoms with Crippen LogP contribution in [0.4, 0.5) is 4.39 Å². The lowest BCUT2D eigenvalue weighted by Gasteiger charge is -2.01. The van der Waals surface area contributed by atoms with Crippen LogP contribution in [0.25, 0.3) is 0 Å². The van der Waals surface area contributed by atoms with E-state index in [2.05, 4.69) is 15.9 Å². The van der Waals surface area contributed by atoms with Gasteiger partial charge in [0.05, 0.1) is 11.1 Å². The molecular formula is C9H10BrFOS. The van der Waals surface area contributed by atoms with Gasteiger partial charge in [-0.25, -0.2) is 4.39 Å². The Morgan fingerprint density at radius 3 is 2.92 bits per heavy atom. The number of halogens is 2. The minimum Gasteiger partial charge on any atom is -0.384 e. The Balaban J connectivity index is 2.53. The Bertz CT molecular complexity index is 280. The van der Waals surface area contributed by atoms with E-state index >= 15 is 0 Å². The molecule has 72 valence electrons. The first-order chi connectivity index (χ1) is 6.24. The standard InChI is InChI=1S/C9H10BrFOS/c1-12-4-5-13-7-2-3-9(11)8(10)6-7/h2-3,6H,4-5H2,1H3. The van der Waals surface area contributed by atoms with Gasteiger partial charge in [0.25, 0.3) is 0 Å². The quantitative estimate of drug-likeness (QED) is 0.610. The highest BCUT2D eigenvalue weighted by molar-refractivity contribution is 9.10. The van der Waals surface area contributed by atoms with Crippen molar-refractivity contribution in [2.45, 2.75) is 4.90 Å². The second-order valence-electron chi connectivity index (χ2n) is 2.42. The molecule has 0 radical (unpaired) electrons. The van der Waals surface area contributed by atoms with Gasteiger partial charge in [0.2, 0.25) is 0 Å². The molecule has 0 amide bonds. The predicted molar refractivity (Wildman–Crippen MR) is 56.7 cm³/mol. The van der Waals surface area contributed by atoms with Gasteiger partial charge in [0, 0.05) is 17.8 Å². The Labute approximate surface area is 89.8 Å². The van der Waals surface area contributed by atoms with Crippen LogP contribution in [-0.2, 0) is 4.74 Å². The van der Waals surface area contributed by atoms with E-state index in [9.17, 15) is 4.39 Å². The zero-order valence-corrected chi connectivity index (χ0v) is 9.62. The number of ether oxygens (including phenoxy) is 1. The van der Waals surface area contributed by atoms with Crippen LogP contribution in [0.1, 0.15) is 0 Å². The van der Waals surface area contributed by atoms with Crippen LogP contribution in [0.3, 0.4) is 0 Å². The maximum absolute atomic E-state index is 12.8. The van der Waals surface area contributed by atoms with Crippen molar-refractivity contribution in [3.8, 4) is 0 Å². The smallest absolute Gasteiger partial charge is 0.137 e. The number of benzene rings is 1. The van der Waals surface area contributed by atoms with E-state index in [0.717, 1.165) is 10.6 Å². The minimum atomic E-state index is -0.226. The van der Waals surface area contributed by atoms with E-state index in [1.54, 1.807) is 31.0 Å². The van der Waals surface area contributed by atoms with E-state index in [4.69, 9.17) is 4.74 Å². The van der Waals surface area contributed by atoms with Crippen LogP contribution >= 0.6 is 27.7 Å². The molecule has 0 aliphatic heterocycles. The Morgan fingerprint density at radius 2 is 2.31 bits per heavy atom. The molecule has 1 rings (SSSR count). The molecule has 1 aromatic rings. The second kappa shape index (κ2) is 5.62. The lowest BCUT2D eigenvalue weighted by molar-refractivity contribution is 0.218. The first kappa shape index (κ1) is 11.0. The Hall–Kier alpha value is -0.0600. The molecule has 13 heavy (non-hydrogen) atoms. The van der Waals surface area contributed by atoms with Crippen LogP contribution in [0.15, 0.2) is 27.6 Å². The van der Waals surface area contributed by atoms with Gasteiger partial charge >= 0.3 is 0 Å². The first-order valence-corrected chi connectivity index (χ1v) is 5.58. The maximum atomic E-state index is 12.8. The van der Waals surface area contributed by atoms with Crippen molar-refractivity contribution in [3.05, 3.63) is 28.5 Å². The van der Waals surface area contributed by atoms with Crippen molar-refractivity contribution in [2.75, 3.05) is 19.5 Å². The van der Waals surface area contributed by atoms with E-state index in [0.29, 0.717) is 11.1 Å². The van der Waals surface area contributed by atoms with Gasteiger partial charge in [-0.05, 0) is 34.1 Å². The third-order valence-electron chi connectivity index (χ3n) is 1.45. The monoisotopic (exact) mass is 264 g/mol. The van der Waals surface area contributed by atoms with E-state index < -0.39 is 0 Å². The molecule has 4 heteroatoms. The molecule has 0 aromatic heterocycles. The molecule has 0 aliphatic rings. The molecule has 0 saturated heterocycles. The summed E-state index contributed by atoms with van der Waals surface area (Å²) in [6.07, 6.45) is 0. The molecule has 0 bridgehead atoms. The predicted octanol–water partition coefficient (Wildman–Crippen LogP) is 3.33. The fraction of sp³-hybridized carbons (Fsp3) is 0.333. The number of methoxy groups -OCH3 is 1. The van der Waals surface area contributed by atoms with Crippen LogP contribution in [-0.4, -0.2) is 19.5 Å². The average molecular weight is 265 g/mol. The van der Waals surface area contributed by atoms with Crippen LogP contribution in [0, 0.1) is 5.82 Å². The molecule has 0 unspecified atom stereocenters. The molecule has 1 aromatic carbocycles. The van der Waals surface area contributed by atoms with Crippen molar-refractivity contribution in [1.29, 1.82) is 0 Å². The van der Waals surface area contributed by atoms with Gasteiger partial charge in [-0.1, -0.05) is 0 Å². The number of thioether (sulfide) groups is 1. The fourth-order valence-corrected chi connectivity index (χ4v) is 2.19. The summed E-state index contributed by atoms with van der Waals surface area (Å²) < 4.78 is 18.2. The Morgan fingerprint density at radius 1 is 1.54 bits per heavy atom. The molecule has 0 N–H and O–H groups in total. The highest BCUT2D eigenvalue weighted by atomic mass is 79.9. The van der Waals surface area contributed by atoms with Gasteiger partial charge < -0.3 is 4.74 Å². The van der Waals surface area contributed by atoms with E-state index in [-0.39, 0.29) is 5.82 Å². The fourth-order valence-electron chi connectivity index (χ4n) is 0.809. The van der Waals surface area contributed by atoms with E-state index in [1.807, 2.05) is 0 Å². The molecule has 0 saturated carbocycles. The third-order valence-corrected chi connectivity index (χ3v) is 3.01. The molecule has 0 atom stereocenters. The van der Waals surface area contributed by atoms with Crippen molar-refractivity contribution < 1.29 is 9.13 Å². The van der Waals surface area contributed by atoms with Gasteiger partial charge in [-0.15, -0.1) is 11.8 Å². The van der Waals surface area contributed by atoms with Crippen LogP contribution < -0.4 is 0 Å². The van der Waals surface area contributed by atoms with Crippen molar-refractivity contribution in [2.24, 2.45) is 0 Å². The summed E-state index contributed by atoms with van der Waals surface area (Å²) >= 11 is 4.78. The third kappa shape index (κ3) is 3.67. The summed E-state index contributed by atoms with van der Waals surface area (Å²) in [5.41, 5.74) is 0. The summed E-state index contributed by atoms with van der Waals surface area (Å²) in [4.78, 5) is 1.05. The average Bonchev–Trinajstić information content (AvgIpc) is 2.12. The summed E-state index contributed by atoms with van der Waals surface area (Å²) in [6.45, 7) is 0.708. The molecular weight excluding hydrogens is 255 g/mol. The van der Waals surface area contributed by atoms with E-state index in [1.165, 1.54) is 6.07 Å². The highest BCUT2D eigenvalue weighted by Crippen LogP contribution is 2.24. The topological polar surface area (TPSA) is 9.23 Å². The molecule has 0 spiro atoms. The lowest BCUT2D eigenvalue weighted by Crippen LogP contribution is -1.91. The van der Waals surface area contributed by atoms with Gasteiger partial charge in [0.1, 0.15) is 5.82 Å². The lowest BCUT2D eigenvalue weighted by atomic mass is 10.3. The first-order valence-electron chi connectivity index (χ1n) is 3.81.